The zero-order valence-electron chi connectivity index (χ0n) is 15.6. The van der Waals surface area contributed by atoms with E-state index in [0.717, 1.165) is 51.1 Å². The van der Waals surface area contributed by atoms with E-state index in [1.165, 1.54) is 12.8 Å². The van der Waals surface area contributed by atoms with Crippen LogP contribution in [0.15, 0.2) is 12.5 Å². The smallest absolute Gasteiger partial charge is 0.224 e. The first-order valence-corrected chi connectivity index (χ1v) is 9.75. The molecule has 2 fully saturated rings. The third-order valence-corrected chi connectivity index (χ3v) is 5.43. The van der Waals surface area contributed by atoms with E-state index in [9.17, 15) is 4.79 Å². The van der Waals surface area contributed by atoms with E-state index in [1.807, 2.05) is 24.1 Å². The summed E-state index contributed by atoms with van der Waals surface area (Å²) in [5.74, 6) is 0.303. The van der Waals surface area contributed by atoms with Gasteiger partial charge in [0.2, 0.25) is 5.91 Å². The molecule has 2 aliphatic heterocycles. The number of imidazole rings is 1. The molecule has 0 aromatic carbocycles. The molecule has 6 heteroatoms. The molecule has 0 unspecified atom stereocenters. The van der Waals surface area contributed by atoms with Crippen molar-refractivity contribution >= 4 is 5.91 Å². The Morgan fingerprint density at radius 2 is 2.12 bits per heavy atom. The molecule has 0 spiro atoms. The average molecular weight is 348 g/mol. The summed E-state index contributed by atoms with van der Waals surface area (Å²) in [7, 11) is 2.01. The Bertz CT molecular complexity index is 551. The van der Waals surface area contributed by atoms with Gasteiger partial charge < -0.3 is 19.5 Å². The minimum absolute atomic E-state index is 0.0901. The monoisotopic (exact) mass is 348 g/mol. The van der Waals surface area contributed by atoms with Gasteiger partial charge in [0.1, 0.15) is 6.10 Å². The molecule has 1 N–H and O–H groups in total. The highest BCUT2D eigenvalue weighted by molar-refractivity contribution is 5.76. The molecule has 1 aromatic rings. The number of nitrogens with one attached hydrogen (secondary N) is 1. The van der Waals surface area contributed by atoms with Gasteiger partial charge >= 0.3 is 0 Å². The van der Waals surface area contributed by atoms with Crippen molar-refractivity contribution in [3.63, 3.8) is 0 Å². The van der Waals surface area contributed by atoms with Crippen LogP contribution in [-0.4, -0.2) is 52.1 Å². The largest absolute Gasteiger partial charge is 0.372 e. The SMILES string of the molecule is C[C@H](CC(=O)N1CCCCCC1)N[C@@H]1CCO[C@H](c2cncn2C)C1. The predicted octanol–water partition coefficient (Wildman–Crippen LogP) is 2.41. The van der Waals surface area contributed by atoms with Crippen LogP contribution in [0.1, 0.15) is 63.7 Å². The summed E-state index contributed by atoms with van der Waals surface area (Å²) in [6, 6.07) is 0.589. The van der Waals surface area contributed by atoms with E-state index in [0.29, 0.717) is 18.4 Å². The summed E-state index contributed by atoms with van der Waals surface area (Å²) in [5, 5.41) is 3.66. The summed E-state index contributed by atoms with van der Waals surface area (Å²) in [6.45, 7) is 4.75. The molecule has 3 heterocycles. The molecule has 0 aliphatic carbocycles. The molecule has 3 atom stereocenters. The number of aromatic nitrogens is 2. The molecule has 6 nitrogen and oxygen atoms in total. The first-order valence-electron chi connectivity index (χ1n) is 9.75. The van der Waals surface area contributed by atoms with Gasteiger partial charge in [-0.1, -0.05) is 12.8 Å². The Kier molecular flexibility index (Phi) is 6.48. The number of nitrogens with zero attached hydrogens (tertiary/aromatic N) is 3. The van der Waals surface area contributed by atoms with Crippen LogP contribution in [-0.2, 0) is 16.6 Å². The molecular formula is C19H32N4O2. The average Bonchev–Trinajstić information content (AvgIpc) is 2.84. The normalized spacial score (nSPS) is 26.2. The van der Waals surface area contributed by atoms with Crippen LogP contribution in [0.25, 0.3) is 0 Å². The fraction of sp³-hybridized carbons (Fsp3) is 0.789. The first-order chi connectivity index (χ1) is 12.1. The van der Waals surface area contributed by atoms with Crippen molar-refractivity contribution in [1.29, 1.82) is 0 Å². The van der Waals surface area contributed by atoms with Gasteiger partial charge in [0.05, 0.1) is 18.2 Å². The fourth-order valence-electron chi connectivity index (χ4n) is 4.00. The summed E-state index contributed by atoms with van der Waals surface area (Å²) < 4.78 is 7.96. The fourth-order valence-corrected chi connectivity index (χ4v) is 4.00. The lowest BCUT2D eigenvalue weighted by Gasteiger charge is -2.32. The molecule has 25 heavy (non-hydrogen) atoms. The maximum atomic E-state index is 12.5. The molecule has 0 saturated carbocycles. The van der Waals surface area contributed by atoms with Crippen molar-refractivity contribution < 1.29 is 9.53 Å². The van der Waals surface area contributed by atoms with Crippen molar-refractivity contribution in [1.82, 2.24) is 19.8 Å². The number of carbonyl (C=O) groups is 1. The molecule has 2 saturated heterocycles. The summed E-state index contributed by atoms with van der Waals surface area (Å²) >= 11 is 0. The molecule has 2 aliphatic rings. The van der Waals surface area contributed by atoms with Crippen molar-refractivity contribution in [3.8, 4) is 0 Å². The summed E-state index contributed by atoms with van der Waals surface area (Å²) in [4.78, 5) is 18.8. The van der Waals surface area contributed by atoms with Crippen molar-refractivity contribution in [2.45, 2.75) is 70.1 Å². The minimum atomic E-state index is 0.0901. The van der Waals surface area contributed by atoms with Crippen LogP contribution in [0.3, 0.4) is 0 Å². The van der Waals surface area contributed by atoms with E-state index in [2.05, 4.69) is 22.1 Å². The zero-order chi connectivity index (χ0) is 17.6. The van der Waals surface area contributed by atoms with E-state index >= 15 is 0 Å². The second-order valence-corrected chi connectivity index (χ2v) is 7.58. The van der Waals surface area contributed by atoms with E-state index in [1.54, 1.807) is 0 Å². The quantitative estimate of drug-likeness (QED) is 0.888. The Balaban J connectivity index is 1.47. The minimum Gasteiger partial charge on any atom is -0.372 e. The molecule has 3 rings (SSSR count). The number of carbonyl (C=O) groups excluding carboxylic acids is 1. The molecular weight excluding hydrogens is 316 g/mol. The third-order valence-electron chi connectivity index (χ3n) is 5.43. The molecule has 0 radical (unpaired) electrons. The molecule has 0 bridgehead atoms. The van der Waals surface area contributed by atoms with Crippen LogP contribution in [0.2, 0.25) is 0 Å². The Hall–Kier alpha value is -1.40. The van der Waals surface area contributed by atoms with Gasteiger partial charge in [-0.05, 0) is 32.6 Å². The molecule has 140 valence electrons. The van der Waals surface area contributed by atoms with Crippen molar-refractivity contribution in [2.75, 3.05) is 19.7 Å². The Morgan fingerprint density at radius 1 is 1.36 bits per heavy atom. The van der Waals surface area contributed by atoms with Gasteiger partial charge in [-0.15, -0.1) is 0 Å². The van der Waals surface area contributed by atoms with Gasteiger partial charge in [-0.25, -0.2) is 4.98 Å². The van der Waals surface area contributed by atoms with E-state index in [-0.39, 0.29) is 12.1 Å². The second kappa shape index (κ2) is 8.81. The van der Waals surface area contributed by atoms with Crippen molar-refractivity contribution in [2.24, 2.45) is 7.05 Å². The summed E-state index contributed by atoms with van der Waals surface area (Å²) in [5.41, 5.74) is 1.12. The second-order valence-electron chi connectivity index (χ2n) is 7.58. The van der Waals surface area contributed by atoms with Gasteiger partial charge in [-0.2, -0.15) is 0 Å². The standard InChI is InChI=1S/C19H32N4O2/c1-15(11-19(24)23-8-5-3-4-6-9-23)21-16-7-10-25-18(12-16)17-13-20-14-22(17)2/h13-16,18,21H,3-12H2,1-2H3/t15-,16-,18+/m1/s1. The maximum absolute atomic E-state index is 12.5. The Morgan fingerprint density at radius 3 is 2.80 bits per heavy atom. The highest BCUT2D eigenvalue weighted by Crippen LogP contribution is 2.28. The number of ether oxygens (including phenoxy) is 1. The Labute approximate surface area is 150 Å². The number of rotatable bonds is 5. The molecule has 1 amide bonds. The van der Waals surface area contributed by atoms with Crippen LogP contribution >= 0.6 is 0 Å². The van der Waals surface area contributed by atoms with E-state index in [4.69, 9.17) is 4.74 Å². The number of aryl methyl sites for hydroxylation is 1. The van der Waals surface area contributed by atoms with Crippen LogP contribution in [0.4, 0.5) is 0 Å². The number of hydrogen-bond donors (Lipinski definition) is 1. The van der Waals surface area contributed by atoms with Gasteiger partial charge in [-0.3, -0.25) is 4.79 Å². The highest BCUT2D eigenvalue weighted by Gasteiger charge is 2.27. The highest BCUT2D eigenvalue weighted by atomic mass is 16.5. The van der Waals surface area contributed by atoms with Gasteiger partial charge in [0.15, 0.2) is 0 Å². The predicted molar refractivity (Wildman–Crippen MR) is 97.2 cm³/mol. The lowest BCUT2D eigenvalue weighted by atomic mass is 10.00. The zero-order valence-corrected chi connectivity index (χ0v) is 15.6. The lowest BCUT2D eigenvalue weighted by molar-refractivity contribution is -0.131. The lowest BCUT2D eigenvalue weighted by Crippen LogP contribution is -2.44. The summed E-state index contributed by atoms with van der Waals surface area (Å²) in [6.07, 6.45) is 11.1. The third kappa shape index (κ3) is 5.05. The van der Waals surface area contributed by atoms with Crippen LogP contribution < -0.4 is 5.32 Å². The van der Waals surface area contributed by atoms with E-state index < -0.39 is 0 Å². The number of hydrogen-bond acceptors (Lipinski definition) is 4. The van der Waals surface area contributed by atoms with Gasteiger partial charge in [0.25, 0.3) is 0 Å². The number of amides is 1. The maximum Gasteiger partial charge on any atom is 0.224 e. The topological polar surface area (TPSA) is 59.4 Å². The van der Waals surface area contributed by atoms with Crippen LogP contribution in [0, 0.1) is 0 Å². The van der Waals surface area contributed by atoms with Crippen LogP contribution in [0.5, 0.6) is 0 Å². The van der Waals surface area contributed by atoms with Crippen molar-refractivity contribution in [3.05, 3.63) is 18.2 Å². The number of likely N-dealkylation sites (tertiary alicyclic amines) is 1. The first kappa shape index (κ1) is 18.4. The van der Waals surface area contributed by atoms with Gasteiger partial charge in [0, 0.05) is 45.2 Å². The molecule has 1 aromatic heterocycles.